The van der Waals surface area contributed by atoms with E-state index in [0.717, 1.165) is 25.7 Å². The third-order valence-corrected chi connectivity index (χ3v) is 6.71. The van der Waals surface area contributed by atoms with Crippen molar-refractivity contribution in [2.45, 2.75) is 38.1 Å². The van der Waals surface area contributed by atoms with E-state index in [0.29, 0.717) is 34.0 Å². The molecule has 5 nitrogen and oxygen atoms in total. The van der Waals surface area contributed by atoms with Crippen LogP contribution in [-0.4, -0.2) is 24.0 Å². The third-order valence-electron chi connectivity index (χ3n) is 5.96. The number of amides is 1. The molecule has 2 fully saturated rings. The maximum Gasteiger partial charge on any atom is 0.229 e. The molecule has 0 aliphatic heterocycles. The first-order valence-electron chi connectivity index (χ1n) is 9.41. The number of anilines is 1. The number of fused-ring (bicyclic) bond motifs is 2. The summed E-state index contributed by atoms with van der Waals surface area (Å²) < 4.78 is 18.9. The van der Waals surface area contributed by atoms with Gasteiger partial charge in [0.2, 0.25) is 5.91 Å². The van der Waals surface area contributed by atoms with Gasteiger partial charge in [0.15, 0.2) is 5.13 Å². The van der Waals surface area contributed by atoms with Crippen LogP contribution in [0.15, 0.2) is 23.6 Å². The number of hydrogen-bond donors (Lipinski definition) is 2. The van der Waals surface area contributed by atoms with Gasteiger partial charge in [-0.1, -0.05) is 6.42 Å². The van der Waals surface area contributed by atoms with Gasteiger partial charge in [-0.3, -0.25) is 4.79 Å². The summed E-state index contributed by atoms with van der Waals surface area (Å²) in [6.07, 6.45) is 5.20. The van der Waals surface area contributed by atoms with Crippen LogP contribution in [0.1, 0.15) is 32.1 Å². The molecule has 2 atom stereocenters. The average molecular weight is 389 g/mol. The summed E-state index contributed by atoms with van der Waals surface area (Å²) in [5, 5.41) is 5.28. The number of carbonyl (C=O) groups is 1. The van der Waals surface area contributed by atoms with Crippen LogP contribution in [0.4, 0.5) is 9.52 Å². The molecule has 1 aromatic carbocycles. The van der Waals surface area contributed by atoms with Crippen molar-refractivity contribution in [2.75, 3.05) is 12.4 Å². The zero-order valence-corrected chi connectivity index (χ0v) is 16.1. The first kappa shape index (κ1) is 18.4. The van der Waals surface area contributed by atoms with E-state index in [2.05, 4.69) is 10.3 Å². The number of rotatable bonds is 4. The summed E-state index contributed by atoms with van der Waals surface area (Å²) in [4.78, 5) is 17.2. The minimum atomic E-state index is -0.352. The molecule has 144 valence electrons. The number of benzene rings is 1. The van der Waals surface area contributed by atoms with Crippen molar-refractivity contribution in [3.8, 4) is 17.0 Å². The van der Waals surface area contributed by atoms with Crippen molar-refractivity contribution < 1.29 is 13.9 Å². The third kappa shape index (κ3) is 3.71. The van der Waals surface area contributed by atoms with E-state index in [1.165, 1.54) is 37.0 Å². The zero-order valence-electron chi connectivity index (χ0n) is 15.3. The lowest BCUT2D eigenvalue weighted by atomic mass is 9.65. The van der Waals surface area contributed by atoms with E-state index in [9.17, 15) is 9.18 Å². The number of halogens is 1. The Morgan fingerprint density at radius 3 is 2.78 bits per heavy atom. The summed E-state index contributed by atoms with van der Waals surface area (Å²) in [6, 6.07) is 4.56. The summed E-state index contributed by atoms with van der Waals surface area (Å²) in [5.41, 5.74) is 7.49. The van der Waals surface area contributed by atoms with Gasteiger partial charge in [-0.25, -0.2) is 9.37 Å². The molecule has 2 saturated carbocycles. The molecule has 0 radical (unpaired) electrons. The van der Waals surface area contributed by atoms with Gasteiger partial charge in [-0.15, -0.1) is 11.3 Å². The van der Waals surface area contributed by atoms with E-state index >= 15 is 0 Å². The minimum absolute atomic E-state index is 0.00356. The predicted octanol–water partition coefficient (Wildman–Crippen LogP) is 4.05. The molecular weight excluding hydrogens is 365 g/mol. The molecule has 3 N–H and O–H groups in total. The first-order valence-corrected chi connectivity index (χ1v) is 10.3. The summed E-state index contributed by atoms with van der Waals surface area (Å²) in [5.74, 6) is 1.12. The van der Waals surface area contributed by atoms with Gasteiger partial charge < -0.3 is 15.8 Å². The second-order valence-corrected chi connectivity index (χ2v) is 8.43. The lowest BCUT2D eigenvalue weighted by Crippen LogP contribution is -2.48. The highest BCUT2D eigenvalue weighted by Crippen LogP contribution is 2.42. The maximum absolute atomic E-state index is 13.6. The van der Waals surface area contributed by atoms with Crippen molar-refractivity contribution in [1.29, 1.82) is 0 Å². The molecule has 7 heteroatoms. The predicted molar refractivity (Wildman–Crippen MR) is 104 cm³/mol. The fourth-order valence-electron chi connectivity index (χ4n) is 4.55. The molecule has 0 saturated heterocycles. The van der Waals surface area contributed by atoms with Gasteiger partial charge in [0, 0.05) is 22.9 Å². The molecule has 2 bridgehead atoms. The molecule has 2 aliphatic rings. The van der Waals surface area contributed by atoms with E-state index < -0.39 is 0 Å². The number of methoxy groups -OCH3 is 1. The Morgan fingerprint density at radius 1 is 1.33 bits per heavy atom. The molecule has 2 aliphatic carbocycles. The molecule has 1 amide bonds. The Morgan fingerprint density at radius 2 is 2.07 bits per heavy atom. The standard InChI is InChI=1S/C20H24FN3O2S/c1-26-17-6-5-14(21)9-15(17)16-10-27-20(23-16)24-19(25)13-7-11-3-2-4-12(8-13)18(11)22/h5-6,9-13,18H,2-4,7-8,22H2,1H3,(H,23,24,25). The Kier molecular flexibility index (Phi) is 5.14. The van der Waals surface area contributed by atoms with Crippen molar-refractivity contribution in [1.82, 2.24) is 4.98 Å². The van der Waals surface area contributed by atoms with Crippen molar-refractivity contribution in [2.24, 2.45) is 23.5 Å². The average Bonchev–Trinajstić information content (AvgIpc) is 3.09. The Hall–Kier alpha value is -1.99. The number of aromatic nitrogens is 1. The van der Waals surface area contributed by atoms with Crippen LogP contribution in [0.25, 0.3) is 11.3 Å². The monoisotopic (exact) mass is 389 g/mol. The summed E-state index contributed by atoms with van der Waals surface area (Å²) in [7, 11) is 1.54. The Labute approximate surface area is 162 Å². The van der Waals surface area contributed by atoms with Crippen molar-refractivity contribution in [3.63, 3.8) is 0 Å². The van der Waals surface area contributed by atoms with Crippen LogP contribution in [0, 0.1) is 23.6 Å². The number of nitrogens with one attached hydrogen (secondary N) is 1. The molecule has 4 rings (SSSR count). The second-order valence-electron chi connectivity index (χ2n) is 7.57. The topological polar surface area (TPSA) is 77.2 Å². The van der Waals surface area contributed by atoms with Gasteiger partial charge in [-0.2, -0.15) is 0 Å². The summed E-state index contributed by atoms with van der Waals surface area (Å²) >= 11 is 1.34. The number of ether oxygens (including phenoxy) is 1. The number of nitrogens with two attached hydrogens (primary N) is 1. The number of hydrogen-bond acceptors (Lipinski definition) is 5. The van der Waals surface area contributed by atoms with Crippen LogP contribution in [0.2, 0.25) is 0 Å². The molecule has 2 unspecified atom stereocenters. The lowest BCUT2D eigenvalue weighted by molar-refractivity contribution is -0.122. The van der Waals surface area contributed by atoms with Crippen molar-refractivity contribution >= 4 is 22.4 Å². The highest BCUT2D eigenvalue weighted by Gasteiger charge is 2.40. The van der Waals surface area contributed by atoms with Gasteiger partial charge in [-0.05, 0) is 55.7 Å². The lowest BCUT2D eigenvalue weighted by Gasteiger charge is -2.43. The molecule has 2 aromatic rings. The Bertz CT molecular complexity index is 826. The molecule has 0 spiro atoms. The molecule has 1 heterocycles. The van der Waals surface area contributed by atoms with Crippen LogP contribution in [-0.2, 0) is 4.79 Å². The molecule has 27 heavy (non-hydrogen) atoms. The first-order chi connectivity index (χ1) is 13.0. The smallest absolute Gasteiger partial charge is 0.229 e. The van der Waals surface area contributed by atoms with Gasteiger partial charge in [0.1, 0.15) is 11.6 Å². The van der Waals surface area contributed by atoms with Gasteiger partial charge in [0.25, 0.3) is 0 Å². The minimum Gasteiger partial charge on any atom is -0.496 e. The van der Waals surface area contributed by atoms with E-state index in [4.69, 9.17) is 10.5 Å². The van der Waals surface area contributed by atoms with E-state index in [1.54, 1.807) is 11.4 Å². The summed E-state index contributed by atoms with van der Waals surface area (Å²) in [6.45, 7) is 0. The second kappa shape index (κ2) is 7.56. The number of carbonyl (C=O) groups excluding carboxylic acids is 1. The van der Waals surface area contributed by atoms with E-state index in [-0.39, 0.29) is 23.7 Å². The number of nitrogens with zero attached hydrogens (tertiary/aromatic N) is 1. The quantitative estimate of drug-likeness (QED) is 0.827. The SMILES string of the molecule is COc1ccc(F)cc1-c1csc(NC(=O)C2CC3CCCC(C2)C3N)n1. The van der Waals surface area contributed by atoms with Gasteiger partial charge >= 0.3 is 0 Å². The molecular formula is C20H24FN3O2S. The van der Waals surface area contributed by atoms with Crippen molar-refractivity contribution in [3.05, 3.63) is 29.4 Å². The zero-order chi connectivity index (χ0) is 19.0. The highest BCUT2D eigenvalue weighted by atomic mass is 32.1. The Balaban J connectivity index is 1.47. The fourth-order valence-corrected chi connectivity index (χ4v) is 5.26. The van der Waals surface area contributed by atoms with Crippen LogP contribution in [0.3, 0.4) is 0 Å². The number of thiazole rings is 1. The van der Waals surface area contributed by atoms with E-state index in [1.807, 2.05) is 0 Å². The normalized spacial score (nSPS) is 27.2. The largest absolute Gasteiger partial charge is 0.496 e. The van der Waals surface area contributed by atoms with Gasteiger partial charge in [0.05, 0.1) is 12.8 Å². The highest BCUT2D eigenvalue weighted by molar-refractivity contribution is 7.14. The van der Waals surface area contributed by atoms with Crippen LogP contribution in [0.5, 0.6) is 5.75 Å². The van der Waals surface area contributed by atoms with Crippen LogP contribution >= 0.6 is 11.3 Å². The molecule has 1 aromatic heterocycles. The fraction of sp³-hybridized carbons (Fsp3) is 0.500. The van der Waals surface area contributed by atoms with Crippen LogP contribution < -0.4 is 15.8 Å². The maximum atomic E-state index is 13.6.